The second kappa shape index (κ2) is 8.57. The molecule has 2 aromatic heterocycles. The maximum atomic E-state index is 12.8. The minimum atomic E-state index is -3.51. The number of aryl methyl sites for hydroxylation is 3. The summed E-state index contributed by atoms with van der Waals surface area (Å²) in [5, 5.41) is 5.43. The average Bonchev–Trinajstić information content (AvgIpc) is 3.37. The van der Waals surface area contributed by atoms with Crippen LogP contribution in [0.5, 0.6) is 0 Å². The second-order valence-electron chi connectivity index (χ2n) is 8.04. The molecule has 0 atom stereocenters. The Hall–Kier alpha value is -2.49. The first kappa shape index (κ1) is 21.7. The van der Waals surface area contributed by atoms with Gasteiger partial charge in [-0.3, -0.25) is 4.79 Å². The highest BCUT2D eigenvalue weighted by atomic mass is 32.2. The number of anilines is 1. The molecule has 4 rings (SSSR count). The predicted molar refractivity (Wildman–Crippen MR) is 123 cm³/mol. The average molecular weight is 459 g/mol. The van der Waals surface area contributed by atoms with Crippen molar-refractivity contribution >= 4 is 32.4 Å². The number of nitrogens with one attached hydrogen (secondary N) is 1. The third-order valence-corrected chi connectivity index (χ3v) is 8.30. The first-order valence-electron chi connectivity index (χ1n) is 10.2. The lowest BCUT2D eigenvalue weighted by atomic mass is 9.97. The summed E-state index contributed by atoms with van der Waals surface area (Å²) in [4.78, 5) is 17.6. The lowest BCUT2D eigenvalue weighted by Gasteiger charge is -2.30. The standard InChI is InChI=1S/C22H26N4O3S2/c1-15-4-5-19(16(2)12-15)20-14-30-22(23-20)24-21(27)17-6-10-26(11-7-17)31(28,29)18-8-9-25(3)13-18/h4-5,8-9,12-14,17H,6-7,10-11H2,1-3H3,(H,23,24,27). The fourth-order valence-electron chi connectivity index (χ4n) is 3.90. The number of sulfonamides is 1. The third kappa shape index (κ3) is 4.58. The molecule has 0 unspecified atom stereocenters. The number of aromatic nitrogens is 2. The minimum absolute atomic E-state index is 0.0988. The Morgan fingerprint density at radius 3 is 2.58 bits per heavy atom. The van der Waals surface area contributed by atoms with E-state index in [1.807, 2.05) is 11.4 Å². The van der Waals surface area contributed by atoms with Crippen LogP contribution < -0.4 is 5.32 Å². The van der Waals surface area contributed by atoms with E-state index < -0.39 is 10.0 Å². The lowest BCUT2D eigenvalue weighted by molar-refractivity contribution is -0.120. The van der Waals surface area contributed by atoms with Gasteiger partial charge in [-0.05, 0) is 38.3 Å². The van der Waals surface area contributed by atoms with Gasteiger partial charge in [0.25, 0.3) is 0 Å². The van der Waals surface area contributed by atoms with E-state index in [0.29, 0.717) is 36.0 Å². The van der Waals surface area contributed by atoms with Crippen molar-refractivity contribution in [3.8, 4) is 11.3 Å². The SMILES string of the molecule is Cc1ccc(-c2csc(NC(=O)C3CCN(S(=O)(=O)c4ccn(C)c4)CC3)n2)c(C)c1. The molecule has 1 amide bonds. The number of thiazole rings is 1. The van der Waals surface area contributed by atoms with Gasteiger partial charge in [-0.2, -0.15) is 4.31 Å². The quantitative estimate of drug-likeness (QED) is 0.630. The predicted octanol–water partition coefficient (Wildman–Crippen LogP) is 3.80. The zero-order valence-corrected chi connectivity index (χ0v) is 19.5. The fraction of sp³-hybridized carbons (Fsp3) is 0.364. The molecule has 0 spiro atoms. The fourth-order valence-corrected chi connectivity index (χ4v) is 6.14. The summed E-state index contributed by atoms with van der Waals surface area (Å²) in [5.74, 6) is -0.325. The van der Waals surface area contributed by atoms with E-state index in [9.17, 15) is 13.2 Å². The van der Waals surface area contributed by atoms with Crippen molar-refractivity contribution in [1.29, 1.82) is 0 Å². The Kier molecular flexibility index (Phi) is 6.00. The van der Waals surface area contributed by atoms with Crippen LogP contribution in [-0.2, 0) is 21.9 Å². The van der Waals surface area contributed by atoms with Gasteiger partial charge in [0.2, 0.25) is 15.9 Å². The van der Waals surface area contributed by atoms with Crippen LogP contribution in [0.4, 0.5) is 5.13 Å². The van der Waals surface area contributed by atoms with Gasteiger partial charge in [0, 0.05) is 49.4 Å². The number of piperidine rings is 1. The van der Waals surface area contributed by atoms with Crippen molar-refractivity contribution in [2.45, 2.75) is 31.6 Å². The Morgan fingerprint density at radius 1 is 1.19 bits per heavy atom. The number of rotatable bonds is 5. The van der Waals surface area contributed by atoms with E-state index in [-0.39, 0.29) is 11.8 Å². The van der Waals surface area contributed by atoms with Gasteiger partial charge >= 0.3 is 0 Å². The van der Waals surface area contributed by atoms with Crippen molar-refractivity contribution in [2.24, 2.45) is 13.0 Å². The second-order valence-corrected chi connectivity index (χ2v) is 10.8. The number of benzene rings is 1. The third-order valence-electron chi connectivity index (χ3n) is 5.66. The lowest BCUT2D eigenvalue weighted by Crippen LogP contribution is -2.41. The summed E-state index contributed by atoms with van der Waals surface area (Å²) < 4.78 is 28.7. The molecule has 164 valence electrons. The number of amides is 1. The Labute approximate surface area is 186 Å². The first-order valence-corrected chi connectivity index (χ1v) is 12.5. The molecule has 1 fully saturated rings. The van der Waals surface area contributed by atoms with Gasteiger partial charge in [0.1, 0.15) is 0 Å². The molecule has 7 nitrogen and oxygen atoms in total. The summed E-state index contributed by atoms with van der Waals surface area (Å²) in [6.45, 7) is 4.78. The zero-order chi connectivity index (χ0) is 22.2. The van der Waals surface area contributed by atoms with E-state index in [1.165, 1.54) is 21.2 Å². The number of carbonyl (C=O) groups is 1. The van der Waals surface area contributed by atoms with Crippen LogP contribution in [0, 0.1) is 19.8 Å². The molecule has 3 aromatic rings. The van der Waals surface area contributed by atoms with Crippen LogP contribution in [0.1, 0.15) is 24.0 Å². The molecule has 1 saturated heterocycles. The maximum Gasteiger partial charge on any atom is 0.244 e. The summed E-state index contributed by atoms with van der Waals surface area (Å²) in [5.41, 5.74) is 4.25. The molecule has 31 heavy (non-hydrogen) atoms. The van der Waals surface area contributed by atoms with Crippen LogP contribution in [0.15, 0.2) is 46.9 Å². The maximum absolute atomic E-state index is 12.8. The van der Waals surface area contributed by atoms with Gasteiger partial charge in [0.15, 0.2) is 5.13 Å². The number of nitrogens with zero attached hydrogens (tertiary/aromatic N) is 3. The van der Waals surface area contributed by atoms with Gasteiger partial charge < -0.3 is 9.88 Å². The number of hydrogen-bond acceptors (Lipinski definition) is 5. The summed E-state index contributed by atoms with van der Waals surface area (Å²) in [6, 6.07) is 7.82. The molecule has 0 radical (unpaired) electrons. The van der Waals surface area contributed by atoms with Crippen LogP contribution in [0.2, 0.25) is 0 Å². The first-order chi connectivity index (χ1) is 14.7. The topological polar surface area (TPSA) is 84.3 Å². The van der Waals surface area contributed by atoms with Gasteiger partial charge in [-0.15, -0.1) is 11.3 Å². The minimum Gasteiger partial charge on any atom is -0.356 e. The molecule has 0 saturated carbocycles. The van der Waals surface area contributed by atoms with Crippen LogP contribution in [-0.4, -0.2) is 41.3 Å². The van der Waals surface area contributed by atoms with Crippen molar-refractivity contribution in [2.75, 3.05) is 18.4 Å². The number of carbonyl (C=O) groups excluding carboxylic acids is 1. The van der Waals surface area contributed by atoms with Gasteiger partial charge in [-0.1, -0.05) is 23.8 Å². The largest absolute Gasteiger partial charge is 0.356 e. The molecule has 1 N–H and O–H groups in total. The molecule has 1 aromatic carbocycles. The smallest absolute Gasteiger partial charge is 0.244 e. The monoisotopic (exact) mass is 458 g/mol. The highest BCUT2D eigenvalue weighted by molar-refractivity contribution is 7.89. The Balaban J connectivity index is 1.37. The molecule has 0 bridgehead atoms. The zero-order valence-electron chi connectivity index (χ0n) is 17.8. The molecule has 0 aliphatic carbocycles. The molecule has 1 aliphatic heterocycles. The van der Waals surface area contributed by atoms with Crippen LogP contribution >= 0.6 is 11.3 Å². The summed E-state index contributed by atoms with van der Waals surface area (Å²) in [7, 11) is -1.72. The van der Waals surface area contributed by atoms with E-state index in [1.54, 1.807) is 30.1 Å². The highest BCUT2D eigenvalue weighted by Gasteiger charge is 2.32. The Bertz CT molecular complexity index is 1210. The van der Waals surface area contributed by atoms with Gasteiger partial charge in [0.05, 0.1) is 10.6 Å². The summed E-state index contributed by atoms with van der Waals surface area (Å²) in [6.07, 6.45) is 4.30. The van der Waals surface area contributed by atoms with E-state index >= 15 is 0 Å². The molecule has 9 heteroatoms. The van der Waals surface area contributed by atoms with Crippen molar-refractivity contribution in [1.82, 2.24) is 13.9 Å². The van der Waals surface area contributed by atoms with E-state index in [4.69, 9.17) is 0 Å². The molecular formula is C22H26N4O3S2. The number of hydrogen-bond donors (Lipinski definition) is 1. The molecular weight excluding hydrogens is 432 g/mol. The normalized spacial score (nSPS) is 15.8. The van der Waals surface area contributed by atoms with Crippen molar-refractivity contribution in [3.05, 3.63) is 53.2 Å². The van der Waals surface area contributed by atoms with Crippen molar-refractivity contribution < 1.29 is 13.2 Å². The molecule has 1 aliphatic rings. The van der Waals surface area contributed by atoms with Crippen molar-refractivity contribution in [3.63, 3.8) is 0 Å². The van der Waals surface area contributed by atoms with E-state index in [2.05, 4.69) is 36.3 Å². The van der Waals surface area contributed by atoms with Crippen LogP contribution in [0.3, 0.4) is 0 Å². The Morgan fingerprint density at radius 2 is 1.94 bits per heavy atom. The van der Waals surface area contributed by atoms with Gasteiger partial charge in [-0.25, -0.2) is 13.4 Å². The molecule has 3 heterocycles. The van der Waals surface area contributed by atoms with Crippen LogP contribution in [0.25, 0.3) is 11.3 Å². The highest BCUT2D eigenvalue weighted by Crippen LogP contribution is 2.29. The van der Waals surface area contributed by atoms with E-state index in [0.717, 1.165) is 16.8 Å². The summed E-state index contributed by atoms with van der Waals surface area (Å²) >= 11 is 1.40.